The molecule has 0 unspecified atom stereocenters. The average Bonchev–Trinajstić information content (AvgIpc) is 2.61. The molecule has 0 saturated heterocycles. The Kier molecular flexibility index (Phi) is 7.03. The van der Waals surface area contributed by atoms with Gasteiger partial charge >= 0.3 is 5.97 Å². The molecule has 1 heterocycles. The smallest absolute Gasteiger partial charge is 0.330 e. The van der Waals surface area contributed by atoms with Crippen LogP contribution in [0, 0.1) is 5.21 Å². The van der Waals surface area contributed by atoms with Gasteiger partial charge in [0.25, 0.3) is 5.03 Å². The fourth-order valence-corrected chi connectivity index (χ4v) is 2.61. The van der Waals surface area contributed by atoms with E-state index < -0.39 is 5.97 Å². The highest BCUT2D eigenvalue weighted by atomic mass is 32.2. The lowest BCUT2D eigenvalue weighted by atomic mass is 10.2. The van der Waals surface area contributed by atoms with Gasteiger partial charge in [-0.3, -0.25) is 4.79 Å². The van der Waals surface area contributed by atoms with Crippen LogP contribution in [0.25, 0.3) is 6.08 Å². The third kappa shape index (κ3) is 6.31. The molecule has 2 aromatic rings. The number of aromatic nitrogens is 1. The van der Waals surface area contributed by atoms with Gasteiger partial charge in [0, 0.05) is 23.9 Å². The van der Waals surface area contributed by atoms with Crippen molar-refractivity contribution in [2.45, 2.75) is 11.9 Å². The molecule has 1 aromatic carbocycles. The Morgan fingerprint density at radius 3 is 2.68 bits per heavy atom. The molecule has 0 fully saturated rings. The van der Waals surface area contributed by atoms with E-state index in [0.717, 1.165) is 10.3 Å². The molecule has 0 aliphatic carbocycles. The predicted molar refractivity (Wildman–Crippen MR) is 96.9 cm³/mol. The highest BCUT2D eigenvalue weighted by molar-refractivity contribution is 7.99. The van der Waals surface area contributed by atoms with Crippen molar-refractivity contribution >= 4 is 35.4 Å². The molecule has 0 bridgehead atoms. The van der Waals surface area contributed by atoms with E-state index in [4.69, 9.17) is 4.74 Å². The Hall–Kier alpha value is -2.80. The van der Waals surface area contributed by atoms with Crippen LogP contribution in [-0.4, -0.2) is 24.2 Å². The zero-order chi connectivity index (χ0) is 18.1. The first-order valence-electron chi connectivity index (χ1n) is 7.64. The molecule has 0 aliphatic heterocycles. The summed E-state index contributed by atoms with van der Waals surface area (Å²) in [6.45, 7) is 2.08. The van der Waals surface area contributed by atoms with Crippen LogP contribution in [0.1, 0.15) is 12.5 Å². The minimum Gasteiger partial charge on any atom is -0.618 e. The maximum Gasteiger partial charge on any atom is 0.330 e. The van der Waals surface area contributed by atoms with Crippen LogP contribution in [0.15, 0.2) is 59.8 Å². The van der Waals surface area contributed by atoms with Crippen molar-refractivity contribution in [2.24, 2.45) is 0 Å². The number of nitrogens with zero attached hydrogens (tertiary/aromatic N) is 1. The highest BCUT2D eigenvalue weighted by Crippen LogP contribution is 2.15. The molecule has 0 radical (unpaired) electrons. The first-order chi connectivity index (χ1) is 12.1. The van der Waals surface area contributed by atoms with Crippen LogP contribution in [-0.2, 0) is 14.3 Å². The number of hydrogen-bond donors (Lipinski definition) is 1. The Morgan fingerprint density at radius 2 is 2.00 bits per heavy atom. The van der Waals surface area contributed by atoms with Gasteiger partial charge < -0.3 is 15.3 Å². The molecule has 0 atom stereocenters. The summed E-state index contributed by atoms with van der Waals surface area (Å²) in [5, 5.41) is 14.7. The van der Waals surface area contributed by atoms with Gasteiger partial charge in [-0.15, -0.1) is 0 Å². The topological polar surface area (TPSA) is 82.3 Å². The van der Waals surface area contributed by atoms with Crippen molar-refractivity contribution in [3.05, 3.63) is 65.5 Å². The molecule has 130 valence electrons. The molecular weight excluding hydrogens is 340 g/mol. The quantitative estimate of drug-likeness (QED) is 0.270. The third-order valence-electron chi connectivity index (χ3n) is 3.03. The largest absolute Gasteiger partial charge is 0.618 e. The maximum atomic E-state index is 12.0. The average molecular weight is 358 g/mol. The number of rotatable bonds is 7. The van der Waals surface area contributed by atoms with E-state index in [1.54, 1.807) is 55.5 Å². The molecular formula is C18H18N2O4S. The van der Waals surface area contributed by atoms with Crippen LogP contribution in [0.3, 0.4) is 0 Å². The van der Waals surface area contributed by atoms with Crippen molar-refractivity contribution in [3.63, 3.8) is 0 Å². The molecule has 25 heavy (non-hydrogen) atoms. The lowest BCUT2D eigenvalue weighted by Crippen LogP contribution is -2.28. The number of anilines is 1. The summed E-state index contributed by atoms with van der Waals surface area (Å²) >= 11 is 1.17. The fraction of sp³-hybridized carbons (Fsp3) is 0.167. The molecule has 0 spiro atoms. The van der Waals surface area contributed by atoms with Gasteiger partial charge in [-0.05, 0) is 48.5 Å². The molecule has 2 rings (SSSR count). The lowest BCUT2D eigenvalue weighted by molar-refractivity contribution is -0.645. The van der Waals surface area contributed by atoms with Crippen molar-refractivity contribution in [2.75, 3.05) is 17.7 Å². The second kappa shape index (κ2) is 9.48. The first kappa shape index (κ1) is 18.5. The Balaban J connectivity index is 1.85. The normalized spacial score (nSPS) is 10.6. The Labute approximate surface area is 150 Å². The molecule has 0 aliphatic rings. The lowest BCUT2D eigenvalue weighted by Gasteiger charge is -2.06. The van der Waals surface area contributed by atoms with Crippen molar-refractivity contribution in [3.8, 4) is 0 Å². The maximum absolute atomic E-state index is 12.0. The number of esters is 1. The van der Waals surface area contributed by atoms with Crippen LogP contribution < -0.4 is 10.0 Å². The summed E-state index contributed by atoms with van der Waals surface area (Å²) in [7, 11) is 0. The molecule has 6 nitrogen and oxygen atoms in total. The summed E-state index contributed by atoms with van der Waals surface area (Å²) < 4.78 is 5.53. The predicted octanol–water partition coefficient (Wildman–Crippen LogP) is 2.63. The SMILES string of the molecule is CCOC(=O)/C=C/c1ccc(NC(=O)CSc2cccc[n+]2[O-])cc1. The minimum absolute atomic E-state index is 0.136. The second-order valence-corrected chi connectivity index (χ2v) is 5.90. The number of carbonyl (C=O) groups excluding carboxylic acids is 2. The summed E-state index contributed by atoms with van der Waals surface area (Å²) in [5.74, 6) is -0.464. The van der Waals surface area contributed by atoms with Gasteiger partial charge in [0.2, 0.25) is 5.91 Å². The fourth-order valence-electron chi connectivity index (χ4n) is 1.89. The Bertz CT molecular complexity index is 760. The molecule has 1 aromatic heterocycles. The van der Waals surface area contributed by atoms with Crippen LogP contribution >= 0.6 is 11.8 Å². The van der Waals surface area contributed by atoms with Gasteiger partial charge in [0.1, 0.15) is 0 Å². The van der Waals surface area contributed by atoms with Crippen LogP contribution in [0.5, 0.6) is 0 Å². The van der Waals surface area contributed by atoms with Crippen molar-refractivity contribution in [1.82, 2.24) is 0 Å². The molecule has 7 heteroatoms. The van der Waals surface area contributed by atoms with E-state index >= 15 is 0 Å². The highest BCUT2D eigenvalue weighted by Gasteiger charge is 2.09. The van der Waals surface area contributed by atoms with Crippen LogP contribution in [0.2, 0.25) is 0 Å². The summed E-state index contributed by atoms with van der Waals surface area (Å²) in [6.07, 6.45) is 4.39. The summed E-state index contributed by atoms with van der Waals surface area (Å²) in [5.41, 5.74) is 1.46. The number of hydrogen-bond acceptors (Lipinski definition) is 5. The zero-order valence-electron chi connectivity index (χ0n) is 13.7. The summed E-state index contributed by atoms with van der Waals surface area (Å²) in [4.78, 5) is 23.2. The van der Waals surface area contributed by atoms with E-state index in [9.17, 15) is 14.8 Å². The van der Waals surface area contributed by atoms with Crippen molar-refractivity contribution in [1.29, 1.82) is 0 Å². The second-order valence-electron chi connectivity index (χ2n) is 4.91. The molecule has 1 amide bonds. The molecule has 1 N–H and O–H groups in total. The monoisotopic (exact) mass is 358 g/mol. The number of pyridine rings is 1. The van der Waals surface area contributed by atoms with E-state index in [2.05, 4.69) is 5.32 Å². The van der Waals surface area contributed by atoms with E-state index in [1.165, 1.54) is 24.0 Å². The number of carbonyl (C=O) groups is 2. The van der Waals surface area contributed by atoms with Gasteiger partial charge in [-0.2, -0.15) is 4.73 Å². The number of nitrogens with one attached hydrogen (secondary N) is 1. The van der Waals surface area contributed by atoms with E-state index in [-0.39, 0.29) is 11.7 Å². The third-order valence-corrected chi connectivity index (χ3v) is 4.05. The van der Waals surface area contributed by atoms with Crippen molar-refractivity contribution < 1.29 is 19.1 Å². The van der Waals surface area contributed by atoms with Gasteiger partial charge in [-0.25, -0.2) is 4.79 Å². The van der Waals surface area contributed by atoms with Gasteiger partial charge in [0.05, 0.1) is 12.4 Å². The van der Waals surface area contributed by atoms with Crippen LogP contribution in [0.4, 0.5) is 5.69 Å². The van der Waals surface area contributed by atoms with E-state index in [0.29, 0.717) is 17.3 Å². The Morgan fingerprint density at radius 1 is 1.24 bits per heavy atom. The van der Waals surface area contributed by atoms with E-state index in [1.807, 2.05) is 0 Å². The number of ether oxygens (including phenoxy) is 1. The summed E-state index contributed by atoms with van der Waals surface area (Å²) in [6, 6.07) is 12.1. The number of thioether (sulfide) groups is 1. The zero-order valence-corrected chi connectivity index (χ0v) is 14.5. The molecule has 0 saturated carbocycles. The first-order valence-corrected chi connectivity index (χ1v) is 8.63. The number of benzene rings is 1. The van der Waals surface area contributed by atoms with Gasteiger partial charge in [0.15, 0.2) is 6.20 Å². The number of amides is 1. The standard InChI is InChI=1S/C18H18N2O4S/c1-2-24-18(22)11-8-14-6-9-15(10-7-14)19-16(21)13-25-17-5-3-4-12-20(17)23/h3-12H,2,13H2,1H3,(H,19,21)/b11-8+. The van der Waals surface area contributed by atoms with Gasteiger partial charge in [-0.1, -0.05) is 12.1 Å². The minimum atomic E-state index is -0.395.